The van der Waals surface area contributed by atoms with Gasteiger partial charge in [-0.3, -0.25) is 0 Å². The minimum Gasteiger partial charge on any atom is -0.325 e. The predicted molar refractivity (Wildman–Crippen MR) is 52.8 cm³/mol. The number of rotatable bonds is 1. The first-order valence-corrected chi connectivity index (χ1v) is 4.44. The Morgan fingerprint density at radius 1 is 1.62 bits per heavy atom. The lowest BCUT2D eigenvalue weighted by atomic mass is 10.3. The number of hydrogen-bond acceptors (Lipinski definition) is 2. The third kappa shape index (κ3) is 1.20. The largest absolute Gasteiger partial charge is 0.325 e. The monoisotopic (exact) mass is 195 g/mol. The molecule has 0 radical (unpaired) electrons. The first-order chi connectivity index (χ1) is 6.24. The van der Waals surface area contributed by atoms with Crippen molar-refractivity contribution in [3.8, 4) is 0 Å². The maximum Gasteiger partial charge on any atom is 0.156 e. The molecule has 0 amide bonds. The van der Waals surface area contributed by atoms with Crippen LogP contribution in [0.5, 0.6) is 0 Å². The van der Waals surface area contributed by atoms with E-state index in [1.165, 1.54) is 0 Å². The van der Waals surface area contributed by atoms with Crippen LogP contribution >= 0.6 is 11.6 Å². The van der Waals surface area contributed by atoms with Gasteiger partial charge in [-0.05, 0) is 19.1 Å². The lowest BCUT2D eigenvalue weighted by Gasteiger charge is -1.98. The number of imidazole rings is 1. The Balaban J connectivity index is 2.86. The van der Waals surface area contributed by atoms with E-state index in [-0.39, 0.29) is 0 Å². The molecule has 0 bridgehead atoms. The van der Waals surface area contributed by atoms with Gasteiger partial charge in [0.05, 0.1) is 16.4 Å². The van der Waals surface area contributed by atoms with Gasteiger partial charge < -0.3 is 10.1 Å². The van der Waals surface area contributed by atoms with Crippen molar-refractivity contribution in [1.82, 2.24) is 9.38 Å². The van der Waals surface area contributed by atoms with Gasteiger partial charge in [-0.25, -0.2) is 4.98 Å². The Morgan fingerprint density at radius 3 is 3.08 bits per heavy atom. The summed E-state index contributed by atoms with van der Waals surface area (Å²) in [6.45, 7) is 2.42. The molecular weight excluding hydrogens is 186 g/mol. The number of fused-ring (bicyclic) bond motifs is 1. The first-order valence-electron chi connectivity index (χ1n) is 4.06. The Hall–Kier alpha value is -1.06. The summed E-state index contributed by atoms with van der Waals surface area (Å²) < 4.78 is 1.93. The maximum atomic E-state index is 5.98. The fourth-order valence-electron chi connectivity index (χ4n) is 1.44. The predicted octanol–water partition coefficient (Wildman–Crippen LogP) is 1.75. The summed E-state index contributed by atoms with van der Waals surface area (Å²) in [5.41, 5.74) is 8.34. The fourth-order valence-corrected chi connectivity index (χ4v) is 1.65. The minimum atomic E-state index is 0.480. The molecule has 0 fully saturated rings. The van der Waals surface area contributed by atoms with Crippen molar-refractivity contribution in [2.24, 2.45) is 5.73 Å². The van der Waals surface area contributed by atoms with Crippen LogP contribution in [-0.2, 0) is 6.54 Å². The van der Waals surface area contributed by atoms with Gasteiger partial charge in [-0.15, -0.1) is 0 Å². The molecule has 0 saturated heterocycles. The summed E-state index contributed by atoms with van der Waals surface area (Å²) in [6.07, 6.45) is 1.92. The summed E-state index contributed by atoms with van der Waals surface area (Å²) in [6, 6.07) is 3.71. The van der Waals surface area contributed by atoms with Crippen LogP contribution in [0.25, 0.3) is 5.65 Å². The molecule has 68 valence electrons. The molecular formula is C9H10ClN3. The van der Waals surface area contributed by atoms with Gasteiger partial charge in [-0.1, -0.05) is 11.6 Å². The van der Waals surface area contributed by atoms with Gasteiger partial charge in [-0.2, -0.15) is 0 Å². The molecule has 4 heteroatoms. The molecule has 0 aliphatic heterocycles. The van der Waals surface area contributed by atoms with Crippen LogP contribution in [-0.4, -0.2) is 9.38 Å². The smallest absolute Gasteiger partial charge is 0.156 e. The second-order valence-electron chi connectivity index (χ2n) is 2.90. The molecule has 0 unspecified atom stereocenters. The number of aryl methyl sites for hydroxylation is 1. The number of halogens is 1. The van der Waals surface area contributed by atoms with Gasteiger partial charge in [0.1, 0.15) is 0 Å². The average Bonchev–Trinajstić information content (AvgIpc) is 2.43. The number of nitrogens with zero attached hydrogens (tertiary/aromatic N) is 2. The first kappa shape index (κ1) is 8.53. The third-order valence-electron chi connectivity index (χ3n) is 2.09. The molecule has 0 saturated carbocycles. The van der Waals surface area contributed by atoms with E-state index < -0.39 is 0 Å². The van der Waals surface area contributed by atoms with Gasteiger partial charge in [0.15, 0.2) is 5.65 Å². The van der Waals surface area contributed by atoms with E-state index in [1.807, 2.05) is 29.7 Å². The summed E-state index contributed by atoms with van der Waals surface area (Å²) in [5.74, 6) is 0. The second kappa shape index (κ2) is 3.01. The minimum absolute atomic E-state index is 0.480. The van der Waals surface area contributed by atoms with Crippen LogP contribution in [0.1, 0.15) is 11.4 Å². The summed E-state index contributed by atoms with van der Waals surface area (Å²) in [5, 5.41) is 0.658. The lowest BCUT2D eigenvalue weighted by molar-refractivity contribution is 0.944. The molecule has 2 rings (SSSR count). The van der Waals surface area contributed by atoms with Crippen molar-refractivity contribution < 1.29 is 0 Å². The van der Waals surface area contributed by atoms with Gasteiger partial charge in [0.2, 0.25) is 0 Å². The highest BCUT2D eigenvalue weighted by atomic mass is 35.5. The van der Waals surface area contributed by atoms with Crippen LogP contribution in [0.4, 0.5) is 0 Å². The number of aromatic nitrogens is 2. The van der Waals surface area contributed by atoms with Crippen molar-refractivity contribution in [2.45, 2.75) is 13.5 Å². The van der Waals surface area contributed by atoms with Crippen molar-refractivity contribution in [1.29, 1.82) is 0 Å². The van der Waals surface area contributed by atoms with E-state index in [9.17, 15) is 0 Å². The highest BCUT2D eigenvalue weighted by molar-refractivity contribution is 6.33. The van der Waals surface area contributed by atoms with Crippen LogP contribution < -0.4 is 5.73 Å². The zero-order chi connectivity index (χ0) is 9.42. The molecule has 3 nitrogen and oxygen atoms in total. The highest BCUT2D eigenvalue weighted by Gasteiger charge is 2.08. The van der Waals surface area contributed by atoms with Crippen LogP contribution in [0.2, 0.25) is 5.02 Å². The average molecular weight is 196 g/mol. The quantitative estimate of drug-likeness (QED) is 0.754. The van der Waals surface area contributed by atoms with E-state index in [0.717, 1.165) is 17.0 Å². The normalized spacial score (nSPS) is 11.0. The molecule has 0 aliphatic carbocycles. The highest BCUT2D eigenvalue weighted by Crippen LogP contribution is 2.18. The molecule has 0 atom stereocenters. The number of pyridine rings is 1. The Labute approximate surface area is 81.1 Å². The van der Waals surface area contributed by atoms with E-state index in [0.29, 0.717) is 11.6 Å². The van der Waals surface area contributed by atoms with Crippen molar-refractivity contribution in [2.75, 3.05) is 0 Å². The Kier molecular flexibility index (Phi) is 1.98. The zero-order valence-electron chi connectivity index (χ0n) is 7.29. The van der Waals surface area contributed by atoms with E-state index >= 15 is 0 Å². The van der Waals surface area contributed by atoms with Crippen molar-refractivity contribution in [3.63, 3.8) is 0 Å². The van der Waals surface area contributed by atoms with Crippen molar-refractivity contribution >= 4 is 17.2 Å². The lowest BCUT2D eigenvalue weighted by Crippen LogP contribution is -2.02. The molecule has 0 spiro atoms. The number of hydrogen-bond donors (Lipinski definition) is 1. The molecule has 2 aromatic heterocycles. The maximum absolute atomic E-state index is 5.98. The molecule has 0 aliphatic rings. The Morgan fingerprint density at radius 2 is 2.38 bits per heavy atom. The van der Waals surface area contributed by atoms with Crippen LogP contribution in [0.3, 0.4) is 0 Å². The fraction of sp³-hybridized carbons (Fsp3) is 0.222. The molecule has 2 N–H and O–H groups in total. The molecule has 13 heavy (non-hydrogen) atoms. The van der Waals surface area contributed by atoms with Crippen molar-refractivity contribution in [3.05, 3.63) is 34.7 Å². The van der Waals surface area contributed by atoms with Gasteiger partial charge in [0, 0.05) is 12.7 Å². The van der Waals surface area contributed by atoms with Crippen LogP contribution in [0.15, 0.2) is 18.3 Å². The van der Waals surface area contributed by atoms with Crippen LogP contribution in [0, 0.1) is 6.92 Å². The molecule has 2 heterocycles. The topological polar surface area (TPSA) is 43.3 Å². The zero-order valence-corrected chi connectivity index (χ0v) is 8.04. The SMILES string of the molecule is Cc1nc2c(Cl)cccn2c1CN. The summed E-state index contributed by atoms with van der Waals surface area (Å²) in [7, 11) is 0. The van der Waals surface area contributed by atoms with E-state index in [1.54, 1.807) is 0 Å². The van der Waals surface area contributed by atoms with Gasteiger partial charge >= 0.3 is 0 Å². The van der Waals surface area contributed by atoms with E-state index in [4.69, 9.17) is 17.3 Å². The second-order valence-corrected chi connectivity index (χ2v) is 3.30. The number of nitrogens with two attached hydrogens (primary N) is 1. The standard InChI is InChI=1S/C9H10ClN3/c1-6-8(5-11)13-4-2-3-7(10)9(13)12-6/h2-4H,5,11H2,1H3. The molecule has 0 aromatic carbocycles. The Bertz CT molecular complexity index is 447. The summed E-state index contributed by atoms with van der Waals surface area (Å²) in [4.78, 5) is 4.33. The van der Waals surface area contributed by atoms with E-state index in [2.05, 4.69) is 4.98 Å². The third-order valence-corrected chi connectivity index (χ3v) is 2.39. The van der Waals surface area contributed by atoms with Gasteiger partial charge in [0.25, 0.3) is 0 Å². The summed E-state index contributed by atoms with van der Waals surface area (Å²) >= 11 is 5.98. The molecule has 2 aromatic rings.